The third-order valence-electron chi connectivity index (χ3n) is 3.26. The van der Waals surface area contributed by atoms with Crippen LogP contribution in [-0.2, 0) is 9.59 Å². The van der Waals surface area contributed by atoms with Crippen LogP contribution >= 0.6 is 0 Å². The van der Waals surface area contributed by atoms with Crippen molar-refractivity contribution in [2.45, 2.75) is 39.7 Å². The van der Waals surface area contributed by atoms with E-state index in [0.29, 0.717) is 6.54 Å². The maximum atomic E-state index is 11.8. The predicted molar refractivity (Wildman–Crippen MR) is 65.0 cm³/mol. The Balaban J connectivity index is 2.68. The van der Waals surface area contributed by atoms with Crippen molar-refractivity contribution >= 4 is 17.9 Å². The third-order valence-corrected chi connectivity index (χ3v) is 3.26. The molecule has 100 valence electrons. The van der Waals surface area contributed by atoms with Crippen LogP contribution in [0, 0.1) is 0 Å². The van der Waals surface area contributed by atoms with Crippen LogP contribution in [0.1, 0.15) is 33.6 Å². The van der Waals surface area contributed by atoms with Crippen LogP contribution in [0.5, 0.6) is 0 Å². The van der Waals surface area contributed by atoms with Gasteiger partial charge >= 0.3 is 12.0 Å². The molecule has 1 atom stereocenters. The van der Waals surface area contributed by atoms with Crippen LogP contribution in [0.2, 0.25) is 0 Å². The molecule has 2 N–H and O–H groups in total. The molecule has 1 aliphatic heterocycles. The summed E-state index contributed by atoms with van der Waals surface area (Å²) in [5.41, 5.74) is -0.0162. The Hall–Kier alpha value is -1.85. The van der Waals surface area contributed by atoms with Gasteiger partial charge in [0, 0.05) is 23.7 Å². The Bertz CT molecular complexity index is 414. The molecule has 18 heavy (non-hydrogen) atoms. The van der Waals surface area contributed by atoms with E-state index in [9.17, 15) is 14.4 Å². The predicted octanol–water partition coefficient (Wildman–Crippen LogP) is 1.13. The van der Waals surface area contributed by atoms with Crippen LogP contribution in [0.3, 0.4) is 0 Å². The number of carboxylic acid groups (broad SMARTS) is 1. The van der Waals surface area contributed by atoms with Gasteiger partial charge in [0.1, 0.15) is 0 Å². The van der Waals surface area contributed by atoms with Crippen molar-refractivity contribution in [2.75, 3.05) is 6.54 Å². The number of likely N-dealkylation sites (tertiary alicyclic amines) is 1. The lowest BCUT2D eigenvalue weighted by atomic mass is 10.1. The highest BCUT2D eigenvalue weighted by Crippen LogP contribution is 2.16. The summed E-state index contributed by atoms with van der Waals surface area (Å²) in [6, 6.07) is -0.342. The van der Waals surface area contributed by atoms with Gasteiger partial charge in [0.05, 0.1) is 0 Å². The van der Waals surface area contributed by atoms with Gasteiger partial charge < -0.3 is 10.0 Å². The van der Waals surface area contributed by atoms with Gasteiger partial charge in [-0.2, -0.15) is 0 Å². The van der Waals surface area contributed by atoms with E-state index < -0.39 is 17.9 Å². The standard InChI is InChI=1S/C12H18N2O4/c1-7-5-4-6-14(7)12(18)13-10(15)8(2)9(3)11(16)17/h7H,4-6H2,1-3H3,(H,16,17)(H,13,15,18)/b9-8-. The Kier molecular flexibility index (Phi) is 4.47. The van der Waals surface area contributed by atoms with Gasteiger partial charge in [0.25, 0.3) is 5.91 Å². The average Bonchev–Trinajstić information content (AvgIpc) is 2.73. The smallest absolute Gasteiger partial charge is 0.331 e. The number of imide groups is 1. The van der Waals surface area contributed by atoms with Gasteiger partial charge in [-0.1, -0.05) is 0 Å². The van der Waals surface area contributed by atoms with Crippen molar-refractivity contribution in [3.8, 4) is 0 Å². The highest BCUT2D eigenvalue weighted by molar-refractivity contribution is 6.07. The highest BCUT2D eigenvalue weighted by Gasteiger charge is 2.26. The minimum Gasteiger partial charge on any atom is -0.478 e. The summed E-state index contributed by atoms with van der Waals surface area (Å²) in [6.45, 7) is 5.27. The molecule has 0 aromatic heterocycles. The lowest BCUT2D eigenvalue weighted by Crippen LogP contribution is -2.44. The van der Waals surface area contributed by atoms with E-state index in [2.05, 4.69) is 5.32 Å². The topological polar surface area (TPSA) is 86.7 Å². The lowest BCUT2D eigenvalue weighted by molar-refractivity contribution is -0.133. The van der Waals surface area contributed by atoms with Crippen LogP contribution in [0.25, 0.3) is 0 Å². The molecule has 0 aromatic rings. The molecule has 0 saturated carbocycles. The zero-order valence-corrected chi connectivity index (χ0v) is 10.8. The number of amides is 3. The van der Waals surface area contributed by atoms with Crippen LogP contribution in [-0.4, -0.2) is 40.5 Å². The number of carbonyl (C=O) groups excluding carboxylic acids is 2. The highest BCUT2D eigenvalue weighted by atomic mass is 16.4. The first kappa shape index (κ1) is 14.2. The summed E-state index contributed by atoms with van der Waals surface area (Å²) in [7, 11) is 0. The van der Waals surface area contributed by atoms with Crippen molar-refractivity contribution in [2.24, 2.45) is 0 Å². The number of urea groups is 1. The van der Waals surface area contributed by atoms with Crippen molar-refractivity contribution in [3.63, 3.8) is 0 Å². The molecule has 0 bridgehead atoms. The van der Waals surface area contributed by atoms with E-state index in [1.165, 1.54) is 13.8 Å². The number of rotatable bonds is 2. The second kappa shape index (κ2) is 5.66. The van der Waals surface area contributed by atoms with E-state index in [4.69, 9.17) is 5.11 Å². The number of carboxylic acids is 1. The third kappa shape index (κ3) is 3.09. The van der Waals surface area contributed by atoms with Gasteiger partial charge in [-0.05, 0) is 33.6 Å². The first-order valence-corrected chi connectivity index (χ1v) is 5.87. The first-order chi connectivity index (χ1) is 8.34. The van der Waals surface area contributed by atoms with Gasteiger partial charge in [-0.15, -0.1) is 0 Å². The molecule has 1 aliphatic rings. The Morgan fingerprint density at radius 3 is 2.28 bits per heavy atom. The SMILES string of the molecule is C/C(C(=O)O)=C(\C)C(=O)NC(=O)N1CCCC1C. The van der Waals surface area contributed by atoms with Crippen LogP contribution in [0.15, 0.2) is 11.1 Å². The summed E-state index contributed by atoms with van der Waals surface area (Å²) in [6.07, 6.45) is 1.84. The maximum Gasteiger partial charge on any atom is 0.331 e. The van der Waals surface area contributed by atoms with Crippen molar-refractivity contribution in [1.29, 1.82) is 0 Å². The van der Waals surface area contributed by atoms with Crippen LogP contribution in [0.4, 0.5) is 4.79 Å². The lowest BCUT2D eigenvalue weighted by Gasteiger charge is -2.21. The minimum absolute atomic E-state index is 0.0442. The number of hydrogen-bond donors (Lipinski definition) is 2. The molecule has 0 aliphatic carbocycles. The number of nitrogens with one attached hydrogen (secondary N) is 1. The zero-order valence-electron chi connectivity index (χ0n) is 10.8. The molecule has 0 radical (unpaired) electrons. The molecular formula is C12H18N2O4. The number of aliphatic carboxylic acids is 1. The second-order valence-corrected chi connectivity index (χ2v) is 4.50. The number of hydrogen-bond acceptors (Lipinski definition) is 3. The molecule has 0 aromatic carbocycles. The summed E-state index contributed by atoms with van der Waals surface area (Å²) in [4.78, 5) is 35.8. The minimum atomic E-state index is -1.16. The molecule has 1 heterocycles. The number of carbonyl (C=O) groups is 3. The van der Waals surface area contributed by atoms with Crippen molar-refractivity contribution in [3.05, 3.63) is 11.1 Å². The summed E-state index contributed by atoms with van der Waals surface area (Å²) in [5.74, 6) is -1.82. The second-order valence-electron chi connectivity index (χ2n) is 4.50. The Morgan fingerprint density at radius 1 is 1.22 bits per heavy atom. The largest absolute Gasteiger partial charge is 0.478 e. The molecule has 6 nitrogen and oxygen atoms in total. The number of nitrogens with zero attached hydrogens (tertiary/aromatic N) is 1. The van der Waals surface area contributed by atoms with Gasteiger partial charge in [0.15, 0.2) is 0 Å². The fourth-order valence-electron chi connectivity index (χ4n) is 1.83. The van der Waals surface area contributed by atoms with Gasteiger partial charge in [-0.3, -0.25) is 10.1 Å². The molecule has 6 heteroatoms. The zero-order chi connectivity index (χ0) is 13.9. The molecule has 1 saturated heterocycles. The Morgan fingerprint density at radius 2 is 1.83 bits per heavy atom. The average molecular weight is 254 g/mol. The first-order valence-electron chi connectivity index (χ1n) is 5.87. The van der Waals surface area contributed by atoms with E-state index in [1.807, 2.05) is 6.92 Å². The molecule has 3 amide bonds. The van der Waals surface area contributed by atoms with Crippen molar-refractivity contribution in [1.82, 2.24) is 10.2 Å². The Labute approximate surface area is 106 Å². The van der Waals surface area contributed by atoms with E-state index in [1.54, 1.807) is 4.90 Å². The molecule has 0 spiro atoms. The summed E-state index contributed by atoms with van der Waals surface area (Å²) in [5, 5.41) is 11.0. The molecular weight excluding hydrogens is 236 g/mol. The van der Waals surface area contributed by atoms with E-state index in [-0.39, 0.29) is 17.2 Å². The monoisotopic (exact) mass is 254 g/mol. The maximum absolute atomic E-state index is 11.8. The fraction of sp³-hybridized carbons (Fsp3) is 0.583. The molecule has 1 rings (SSSR count). The summed E-state index contributed by atoms with van der Waals surface area (Å²) >= 11 is 0. The quantitative estimate of drug-likeness (QED) is 0.723. The van der Waals surface area contributed by atoms with E-state index in [0.717, 1.165) is 12.8 Å². The van der Waals surface area contributed by atoms with E-state index >= 15 is 0 Å². The van der Waals surface area contributed by atoms with Gasteiger partial charge in [0.2, 0.25) is 0 Å². The molecule has 1 fully saturated rings. The summed E-state index contributed by atoms with van der Waals surface area (Å²) < 4.78 is 0. The van der Waals surface area contributed by atoms with Gasteiger partial charge in [-0.25, -0.2) is 9.59 Å². The fourth-order valence-corrected chi connectivity index (χ4v) is 1.83. The molecule has 1 unspecified atom stereocenters. The van der Waals surface area contributed by atoms with Crippen LogP contribution < -0.4 is 5.32 Å². The van der Waals surface area contributed by atoms with Crippen molar-refractivity contribution < 1.29 is 19.5 Å². The normalized spacial score (nSPS) is 20.4.